The lowest BCUT2D eigenvalue weighted by atomic mass is 10.2. The first-order chi connectivity index (χ1) is 9.06. The van der Waals surface area contributed by atoms with Crippen molar-refractivity contribution in [2.75, 3.05) is 0 Å². The molecule has 0 aliphatic carbocycles. The van der Waals surface area contributed by atoms with E-state index in [4.69, 9.17) is 28.3 Å². The molecule has 0 saturated heterocycles. The molecular weight excluding hydrogens is 285 g/mol. The van der Waals surface area contributed by atoms with Gasteiger partial charge in [-0.05, 0) is 30.3 Å². The van der Waals surface area contributed by atoms with Gasteiger partial charge in [0.25, 0.3) is 0 Å². The van der Waals surface area contributed by atoms with Crippen LogP contribution in [0.5, 0.6) is 0 Å². The summed E-state index contributed by atoms with van der Waals surface area (Å²) in [6, 6.07) is 11.4. The second kappa shape index (κ2) is 5.87. The highest BCUT2D eigenvalue weighted by Gasteiger charge is 2.02. The largest absolute Gasteiger partial charge is 0.478 e. The van der Waals surface area contributed by atoms with Gasteiger partial charge in [-0.3, -0.25) is 4.99 Å². The number of aliphatic imine (C=N–C) groups is 1. The molecule has 96 valence electrons. The minimum absolute atomic E-state index is 0.192. The van der Waals surface area contributed by atoms with Crippen LogP contribution in [0.1, 0.15) is 15.9 Å². The number of nitrogens with zero attached hydrogens (tertiary/aromatic N) is 1. The van der Waals surface area contributed by atoms with Crippen molar-refractivity contribution in [3.8, 4) is 0 Å². The maximum Gasteiger partial charge on any atom is 0.335 e. The Bertz CT molecular complexity index is 654. The minimum atomic E-state index is -0.985. The van der Waals surface area contributed by atoms with Crippen LogP contribution in [0.2, 0.25) is 10.0 Å². The number of hydrogen-bond donors (Lipinski definition) is 1. The van der Waals surface area contributed by atoms with Gasteiger partial charge in [0.1, 0.15) is 0 Å². The van der Waals surface area contributed by atoms with Gasteiger partial charge in [-0.2, -0.15) is 0 Å². The number of carboxylic acids is 1. The van der Waals surface area contributed by atoms with Gasteiger partial charge >= 0.3 is 5.97 Å². The maximum atomic E-state index is 10.8. The molecule has 5 heteroatoms. The lowest BCUT2D eigenvalue weighted by Crippen LogP contribution is -1.94. The summed E-state index contributed by atoms with van der Waals surface area (Å²) < 4.78 is 0. The highest BCUT2D eigenvalue weighted by atomic mass is 35.5. The van der Waals surface area contributed by atoms with Gasteiger partial charge in [-0.15, -0.1) is 0 Å². The molecule has 0 saturated carbocycles. The van der Waals surface area contributed by atoms with Crippen molar-refractivity contribution in [3.05, 3.63) is 63.6 Å². The van der Waals surface area contributed by atoms with E-state index in [0.29, 0.717) is 21.3 Å². The van der Waals surface area contributed by atoms with Gasteiger partial charge in [0.15, 0.2) is 0 Å². The molecule has 0 amide bonds. The zero-order valence-corrected chi connectivity index (χ0v) is 11.2. The van der Waals surface area contributed by atoms with E-state index in [1.165, 1.54) is 12.1 Å². The number of carboxylic acid groups (broad SMARTS) is 1. The highest BCUT2D eigenvalue weighted by molar-refractivity contribution is 6.36. The zero-order chi connectivity index (χ0) is 13.8. The monoisotopic (exact) mass is 293 g/mol. The average molecular weight is 294 g/mol. The molecule has 0 spiro atoms. The molecule has 0 aliphatic heterocycles. The highest BCUT2D eigenvalue weighted by Crippen LogP contribution is 2.21. The predicted molar refractivity (Wildman–Crippen MR) is 77.1 cm³/mol. The van der Waals surface area contributed by atoms with Gasteiger partial charge in [0, 0.05) is 16.8 Å². The Morgan fingerprint density at radius 1 is 1.16 bits per heavy atom. The van der Waals surface area contributed by atoms with Crippen LogP contribution in [0.3, 0.4) is 0 Å². The molecule has 1 N–H and O–H groups in total. The SMILES string of the molecule is O=C(O)c1cccc(/N=C/c2ccc(Cl)cc2Cl)c1. The molecule has 2 aromatic carbocycles. The quantitative estimate of drug-likeness (QED) is 0.851. The van der Waals surface area contributed by atoms with Crippen molar-refractivity contribution in [2.24, 2.45) is 4.99 Å². The summed E-state index contributed by atoms with van der Waals surface area (Å²) >= 11 is 11.8. The van der Waals surface area contributed by atoms with Crippen molar-refractivity contribution in [1.29, 1.82) is 0 Å². The predicted octanol–water partition coefficient (Wildman–Crippen LogP) is 4.44. The van der Waals surface area contributed by atoms with E-state index in [2.05, 4.69) is 4.99 Å². The molecule has 0 aliphatic rings. The number of halogens is 2. The zero-order valence-electron chi connectivity index (χ0n) is 9.68. The smallest absolute Gasteiger partial charge is 0.335 e. The third-order valence-corrected chi connectivity index (χ3v) is 2.97. The lowest BCUT2D eigenvalue weighted by molar-refractivity contribution is 0.0697. The first-order valence-electron chi connectivity index (χ1n) is 5.39. The summed E-state index contributed by atoms with van der Waals surface area (Å²) in [5.74, 6) is -0.985. The number of benzene rings is 2. The molecule has 2 aromatic rings. The molecule has 0 heterocycles. The van der Waals surface area contributed by atoms with Crippen molar-refractivity contribution in [3.63, 3.8) is 0 Å². The second-order valence-corrected chi connectivity index (χ2v) is 4.62. The van der Waals surface area contributed by atoms with Crippen molar-refractivity contribution in [2.45, 2.75) is 0 Å². The maximum absolute atomic E-state index is 10.8. The molecule has 0 atom stereocenters. The number of aromatic carboxylic acids is 1. The van der Waals surface area contributed by atoms with Crippen LogP contribution in [-0.2, 0) is 0 Å². The van der Waals surface area contributed by atoms with Gasteiger partial charge in [-0.25, -0.2) is 4.79 Å². The fraction of sp³-hybridized carbons (Fsp3) is 0. The third-order valence-electron chi connectivity index (χ3n) is 2.41. The summed E-state index contributed by atoms with van der Waals surface area (Å²) in [5, 5.41) is 9.92. The molecular formula is C14H9Cl2NO2. The molecule has 0 unspecified atom stereocenters. The van der Waals surface area contributed by atoms with E-state index in [0.717, 1.165) is 0 Å². The normalized spacial score (nSPS) is 10.8. The summed E-state index contributed by atoms with van der Waals surface area (Å²) in [6.07, 6.45) is 1.57. The van der Waals surface area contributed by atoms with Crippen molar-refractivity contribution in [1.82, 2.24) is 0 Å². The van der Waals surface area contributed by atoms with Crippen LogP contribution in [0.15, 0.2) is 47.5 Å². The van der Waals surface area contributed by atoms with Crippen LogP contribution in [-0.4, -0.2) is 17.3 Å². The van der Waals surface area contributed by atoms with Crippen LogP contribution in [0.25, 0.3) is 0 Å². The summed E-state index contributed by atoms with van der Waals surface area (Å²) in [7, 11) is 0. The Morgan fingerprint density at radius 2 is 1.95 bits per heavy atom. The van der Waals surface area contributed by atoms with Crippen molar-refractivity contribution >= 4 is 41.1 Å². The van der Waals surface area contributed by atoms with Crippen molar-refractivity contribution < 1.29 is 9.90 Å². The van der Waals surface area contributed by atoms with Crippen LogP contribution >= 0.6 is 23.2 Å². The van der Waals surface area contributed by atoms with Crippen LogP contribution in [0, 0.1) is 0 Å². The van der Waals surface area contributed by atoms with E-state index >= 15 is 0 Å². The Kier molecular flexibility index (Phi) is 4.20. The van der Waals surface area contributed by atoms with Crippen LogP contribution in [0.4, 0.5) is 5.69 Å². The first kappa shape index (κ1) is 13.6. The molecule has 3 nitrogen and oxygen atoms in total. The van der Waals surface area contributed by atoms with Gasteiger partial charge in [-0.1, -0.05) is 35.3 Å². The van der Waals surface area contributed by atoms with E-state index in [1.807, 2.05) is 0 Å². The Balaban J connectivity index is 2.27. The van der Waals surface area contributed by atoms with Gasteiger partial charge < -0.3 is 5.11 Å². The lowest BCUT2D eigenvalue weighted by Gasteiger charge is -1.99. The van der Waals surface area contributed by atoms with Gasteiger partial charge in [0.05, 0.1) is 16.3 Å². The minimum Gasteiger partial charge on any atom is -0.478 e. The molecule has 0 bridgehead atoms. The topological polar surface area (TPSA) is 49.7 Å². The summed E-state index contributed by atoms with van der Waals surface area (Å²) in [5.41, 5.74) is 1.45. The Labute approximate surface area is 120 Å². The summed E-state index contributed by atoms with van der Waals surface area (Å²) in [4.78, 5) is 15.0. The molecule has 0 fully saturated rings. The molecule has 19 heavy (non-hydrogen) atoms. The number of rotatable bonds is 3. The fourth-order valence-electron chi connectivity index (χ4n) is 1.47. The third kappa shape index (κ3) is 3.56. The standard InChI is InChI=1S/C14H9Cl2NO2/c15-11-5-4-10(13(16)7-11)8-17-12-3-1-2-9(6-12)14(18)19/h1-8H,(H,18,19)/b17-8+. The Hall–Kier alpha value is -1.84. The molecule has 0 aromatic heterocycles. The fourth-order valence-corrected chi connectivity index (χ4v) is 1.93. The van der Waals surface area contributed by atoms with E-state index < -0.39 is 5.97 Å². The Morgan fingerprint density at radius 3 is 2.63 bits per heavy atom. The molecule has 2 rings (SSSR count). The average Bonchev–Trinajstić information content (AvgIpc) is 2.38. The van der Waals surface area contributed by atoms with E-state index in [-0.39, 0.29) is 5.56 Å². The number of hydrogen-bond acceptors (Lipinski definition) is 2. The number of carbonyl (C=O) groups is 1. The first-order valence-corrected chi connectivity index (χ1v) is 6.14. The molecule has 0 radical (unpaired) electrons. The van der Waals surface area contributed by atoms with E-state index in [1.54, 1.807) is 36.5 Å². The van der Waals surface area contributed by atoms with Gasteiger partial charge in [0.2, 0.25) is 0 Å². The summed E-state index contributed by atoms with van der Waals surface area (Å²) in [6.45, 7) is 0. The second-order valence-electron chi connectivity index (χ2n) is 3.78. The van der Waals surface area contributed by atoms with Crippen LogP contribution < -0.4 is 0 Å². The van der Waals surface area contributed by atoms with E-state index in [9.17, 15) is 4.79 Å².